The molecule has 0 unspecified atom stereocenters. The number of aromatic nitrogens is 3. The van der Waals surface area contributed by atoms with Gasteiger partial charge in [-0.05, 0) is 25.4 Å². The van der Waals surface area contributed by atoms with Crippen LogP contribution in [0.25, 0.3) is 10.2 Å². The van der Waals surface area contributed by atoms with Crippen LogP contribution in [-0.2, 0) is 0 Å². The normalized spacial score (nSPS) is 10.9. The predicted octanol–water partition coefficient (Wildman–Crippen LogP) is 1.07. The molecule has 0 aromatic carbocycles. The van der Waals surface area contributed by atoms with E-state index in [1.165, 1.54) is 11.5 Å². The highest BCUT2D eigenvalue weighted by atomic mass is 32.1. The summed E-state index contributed by atoms with van der Waals surface area (Å²) >= 11 is 1.42. The molecule has 5 nitrogen and oxygen atoms in total. The summed E-state index contributed by atoms with van der Waals surface area (Å²) in [6, 6.07) is 0. The molecule has 0 radical (unpaired) electrons. The van der Waals surface area contributed by atoms with Crippen molar-refractivity contribution in [3.63, 3.8) is 0 Å². The molecule has 80 valence electrons. The van der Waals surface area contributed by atoms with Gasteiger partial charge in [0.1, 0.15) is 21.9 Å². The third kappa shape index (κ3) is 1.91. The third-order valence-electron chi connectivity index (χ3n) is 2.03. The number of hydrogen-bond donors (Lipinski definition) is 2. The summed E-state index contributed by atoms with van der Waals surface area (Å²) in [5, 5.41) is 3.19. The number of nitrogens with two attached hydrogens (primary N) is 1. The summed E-state index contributed by atoms with van der Waals surface area (Å²) < 4.78 is 5.28. The highest BCUT2D eigenvalue weighted by molar-refractivity contribution is 7.14. The Hall–Kier alpha value is -1.27. The molecule has 0 saturated carbocycles. The maximum Gasteiger partial charge on any atom is 0.149 e. The van der Waals surface area contributed by atoms with E-state index in [1.807, 2.05) is 13.8 Å². The first-order chi connectivity index (χ1) is 7.22. The van der Waals surface area contributed by atoms with Gasteiger partial charge >= 0.3 is 0 Å². The van der Waals surface area contributed by atoms with E-state index in [9.17, 15) is 0 Å². The first kappa shape index (κ1) is 10.3. The van der Waals surface area contributed by atoms with Crippen LogP contribution < -0.4 is 11.1 Å². The van der Waals surface area contributed by atoms with Crippen molar-refractivity contribution in [3.8, 4) is 0 Å². The Morgan fingerprint density at radius 3 is 2.87 bits per heavy atom. The Morgan fingerprint density at radius 2 is 2.13 bits per heavy atom. The number of nitrogens with one attached hydrogen (secondary N) is 1. The van der Waals surface area contributed by atoms with Gasteiger partial charge in [0.2, 0.25) is 0 Å². The van der Waals surface area contributed by atoms with Crippen molar-refractivity contribution in [1.82, 2.24) is 14.3 Å². The first-order valence-electron chi connectivity index (χ1n) is 4.77. The number of fused-ring (bicyclic) bond motifs is 1. The van der Waals surface area contributed by atoms with Crippen LogP contribution in [-0.4, -0.2) is 27.4 Å². The summed E-state index contributed by atoms with van der Waals surface area (Å²) in [4.78, 5) is 8.71. The van der Waals surface area contributed by atoms with Gasteiger partial charge in [0, 0.05) is 13.1 Å². The lowest BCUT2D eigenvalue weighted by Crippen LogP contribution is -2.14. The molecule has 3 N–H and O–H groups in total. The lowest BCUT2D eigenvalue weighted by atomic mass is 10.3. The largest absolute Gasteiger partial charge is 0.367 e. The summed E-state index contributed by atoms with van der Waals surface area (Å²) in [5.74, 6) is 1.60. The molecule has 2 heterocycles. The fourth-order valence-electron chi connectivity index (χ4n) is 1.36. The molecule has 15 heavy (non-hydrogen) atoms. The van der Waals surface area contributed by atoms with Gasteiger partial charge in [-0.25, -0.2) is 9.97 Å². The molecule has 0 fully saturated rings. The minimum absolute atomic E-state index is 0.586. The number of hydrogen-bond acceptors (Lipinski definition) is 6. The molecule has 0 saturated heterocycles. The highest BCUT2D eigenvalue weighted by Gasteiger charge is 2.10. The molecule has 0 amide bonds. The monoisotopic (exact) mass is 223 g/mol. The van der Waals surface area contributed by atoms with Gasteiger partial charge in [-0.15, -0.1) is 0 Å². The average Bonchev–Trinajstić information content (AvgIpc) is 2.57. The van der Waals surface area contributed by atoms with E-state index in [1.54, 1.807) is 0 Å². The van der Waals surface area contributed by atoms with E-state index in [4.69, 9.17) is 5.73 Å². The molecular formula is C9H13N5S. The van der Waals surface area contributed by atoms with Crippen molar-refractivity contribution in [2.24, 2.45) is 5.73 Å². The van der Waals surface area contributed by atoms with E-state index in [0.717, 1.165) is 27.6 Å². The van der Waals surface area contributed by atoms with Gasteiger partial charge < -0.3 is 11.1 Å². The Labute approximate surface area is 91.9 Å². The zero-order valence-electron chi connectivity index (χ0n) is 8.74. The van der Waals surface area contributed by atoms with E-state index in [2.05, 4.69) is 19.7 Å². The number of nitrogens with zero attached hydrogens (tertiary/aromatic N) is 3. The van der Waals surface area contributed by atoms with Crippen molar-refractivity contribution in [1.29, 1.82) is 0 Å². The smallest absolute Gasteiger partial charge is 0.149 e. The van der Waals surface area contributed by atoms with Gasteiger partial charge in [-0.1, -0.05) is 0 Å². The SMILES string of the molecule is Cc1nc(NCCN)c2snc(C)c2n1. The van der Waals surface area contributed by atoms with Crippen LogP contribution >= 0.6 is 11.5 Å². The van der Waals surface area contributed by atoms with Crippen LogP contribution in [0.2, 0.25) is 0 Å². The minimum Gasteiger partial charge on any atom is -0.367 e. The highest BCUT2D eigenvalue weighted by Crippen LogP contribution is 2.26. The van der Waals surface area contributed by atoms with Crippen molar-refractivity contribution < 1.29 is 0 Å². The Kier molecular flexibility index (Phi) is 2.79. The Balaban J connectivity index is 2.52. The fourth-order valence-corrected chi connectivity index (χ4v) is 2.16. The first-order valence-corrected chi connectivity index (χ1v) is 5.54. The fraction of sp³-hybridized carbons (Fsp3) is 0.444. The zero-order chi connectivity index (χ0) is 10.8. The summed E-state index contributed by atoms with van der Waals surface area (Å²) in [6.07, 6.45) is 0. The lowest BCUT2D eigenvalue weighted by Gasteiger charge is -2.05. The average molecular weight is 223 g/mol. The molecule has 0 atom stereocenters. The summed E-state index contributed by atoms with van der Waals surface area (Å²) in [6.45, 7) is 5.13. The quantitative estimate of drug-likeness (QED) is 0.814. The van der Waals surface area contributed by atoms with E-state index in [-0.39, 0.29) is 0 Å². The van der Waals surface area contributed by atoms with Crippen molar-refractivity contribution in [2.75, 3.05) is 18.4 Å². The van der Waals surface area contributed by atoms with Gasteiger partial charge in [-0.2, -0.15) is 4.37 Å². The van der Waals surface area contributed by atoms with Gasteiger partial charge in [-0.3, -0.25) is 0 Å². The molecule has 0 aliphatic heterocycles. The predicted molar refractivity (Wildman–Crippen MR) is 62.2 cm³/mol. The van der Waals surface area contributed by atoms with Gasteiger partial charge in [0.25, 0.3) is 0 Å². The number of rotatable bonds is 3. The summed E-state index contributed by atoms with van der Waals surface area (Å²) in [7, 11) is 0. The Bertz CT molecular complexity index is 479. The van der Waals surface area contributed by atoms with E-state index < -0.39 is 0 Å². The molecule has 0 aliphatic rings. The van der Waals surface area contributed by atoms with Crippen LogP contribution in [0.5, 0.6) is 0 Å². The van der Waals surface area contributed by atoms with Gasteiger partial charge in [0.15, 0.2) is 0 Å². The van der Waals surface area contributed by atoms with E-state index in [0.29, 0.717) is 13.1 Å². The molecule has 0 bridgehead atoms. The Morgan fingerprint density at radius 1 is 1.33 bits per heavy atom. The zero-order valence-corrected chi connectivity index (χ0v) is 9.56. The molecule has 6 heteroatoms. The maximum absolute atomic E-state index is 5.45. The van der Waals surface area contributed by atoms with Gasteiger partial charge in [0.05, 0.1) is 5.69 Å². The molecular weight excluding hydrogens is 210 g/mol. The molecule has 0 aliphatic carbocycles. The second-order valence-corrected chi connectivity index (χ2v) is 4.05. The number of anilines is 1. The van der Waals surface area contributed by atoms with Crippen molar-refractivity contribution >= 4 is 27.6 Å². The van der Waals surface area contributed by atoms with Crippen LogP contribution in [0.4, 0.5) is 5.82 Å². The third-order valence-corrected chi connectivity index (χ3v) is 2.97. The second-order valence-electron chi connectivity index (χ2n) is 3.28. The second kappa shape index (κ2) is 4.08. The van der Waals surface area contributed by atoms with Crippen LogP contribution in [0, 0.1) is 13.8 Å². The van der Waals surface area contributed by atoms with Crippen LogP contribution in [0.3, 0.4) is 0 Å². The molecule has 2 aromatic rings. The van der Waals surface area contributed by atoms with Crippen molar-refractivity contribution in [2.45, 2.75) is 13.8 Å². The number of aryl methyl sites for hydroxylation is 2. The molecule has 2 aromatic heterocycles. The summed E-state index contributed by atoms with van der Waals surface area (Å²) in [5.41, 5.74) is 7.34. The van der Waals surface area contributed by atoms with Crippen molar-refractivity contribution in [3.05, 3.63) is 11.5 Å². The molecule has 2 rings (SSSR count). The van der Waals surface area contributed by atoms with Crippen LogP contribution in [0.15, 0.2) is 0 Å². The molecule has 0 spiro atoms. The lowest BCUT2D eigenvalue weighted by molar-refractivity contribution is 0.999. The van der Waals surface area contributed by atoms with E-state index >= 15 is 0 Å². The minimum atomic E-state index is 0.586. The maximum atomic E-state index is 5.45. The standard InChI is InChI=1S/C9H13N5S/c1-5-7-8(15-14-5)9(11-4-3-10)13-6(2)12-7/h3-4,10H2,1-2H3,(H,11,12,13). The van der Waals surface area contributed by atoms with Crippen LogP contribution in [0.1, 0.15) is 11.5 Å². The topological polar surface area (TPSA) is 76.7 Å².